The number of para-hydroxylation sites is 1. The Kier molecular flexibility index (Phi) is 1.86. The largest absolute Gasteiger partial charge is 0.327 e. The maximum atomic E-state index is 5.81. The van der Waals surface area contributed by atoms with Crippen molar-refractivity contribution in [1.82, 2.24) is 9.78 Å². The van der Waals surface area contributed by atoms with Gasteiger partial charge in [-0.3, -0.25) is 0 Å². The van der Waals surface area contributed by atoms with Gasteiger partial charge < -0.3 is 5.73 Å². The molecule has 1 aliphatic carbocycles. The lowest BCUT2D eigenvalue weighted by Gasteiger charge is -1.98. The van der Waals surface area contributed by atoms with Crippen LogP contribution in [0.2, 0.25) is 0 Å². The molecule has 0 saturated heterocycles. The van der Waals surface area contributed by atoms with Crippen molar-refractivity contribution in [1.29, 1.82) is 0 Å². The lowest BCUT2D eigenvalue weighted by molar-refractivity contribution is 0.879. The molecule has 0 bridgehead atoms. The highest BCUT2D eigenvalue weighted by Gasteiger charge is 2.35. The average Bonchev–Trinajstić information content (AvgIpc) is 2.83. The average molecular weight is 199 g/mol. The van der Waals surface area contributed by atoms with Gasteiger partial charge in [0.1, 0.15) is 0 Å². The topological polar surface area (TPSA) is 43.8 Å². The van der Waals surface area contributed by atoms with Crippen molar-refractivity contribution in [2.45, 2.75) is 18.4 Å². The van der Waals surface area contributed by atoms with Crippen LogP contribution in [-0.4, -0.2) is 15.8 Å². The van der Waals surface area contributed by atoms with Gasteiger partial charge in [-0.15, -0.1) is 0 Å². The lowest BCUT2D eigenvalue weighted by atomic mass is 10.2. The number of aromatic nitrogens is 2. The third-order valence-electron chi connectivity index (χ3n) is 2.89. The van der Waals surface area contributed by atoms with Crippen molar-refractivity contribution in [3.8, 4) is 5.69 Å². The summed E-state index contributed by atoms with van der Waals surface area (Å²) in [5.74, 6) is 0.530. The number of hydrogen-bond donors (Lipinski definition) is 1. The van der Waals surface area contributed by atoms with Crippen LogP contribution in [0.1, 0.15) is 17.9 Å². The fourth-order valence-corrected chi connectivity index (χ4v) is 1.85. The summed E-state index contributed by atoms with van der Waals surface area (Å²) >= 11 is 0. The second-order valence-corrected chi connectivity index (χ2v) is 4.06. The van der Waals surface area contributed by atoms with Crippen LogP contribution in [0.3, 0.4) is 0 Å². The summed E-state index contributed by atoms with van der Waals surface area (Å²) in [6, 6.07) is 10.5. The normalized spacial score (nSPS) is 24.1. The first kappa shape index (κ1) is 8.68. The first-order valence-corrected chi connectivity index (χ1v) is 5.20. The van der Waals surface area contributed by atoms with Crippen molar-refractivity contribution in [3.63, 3.8) is 0 Å². The number of rotatable bonds is 2. The van der Waals surface area contributed by atoms with Crippen molar-refractivity contribution in [2.24, 2.45) is 5.73 Å². The smallest absolute Gasteiger partial charge is 0.0645 e. The van der Waals surface area contributed by atoms with Crippen LogP contribution in [0.25, 0.3) is 5.69 Å². The Bertz CT molecular complexity index is 461. The van der Waals surface area contributed by atoms with Gasteiger partial charge in [-0.05, 0) is 24.1 Å². The molecule has 76 valence electrons. The van der Waals surface area contributed by atoms with Crippen LogP contribution in [0.15, 0.2) is 42.7 Å². The summed E-state index contributed by atoms with van der Waals surface area (Å²) in [7, 11) is 0. The van der Waals surface area contributed by atoms with Crippen LogP contribution in [-0.2, 0) is 0 Å². The molecule has 3 rings (SSSR count). The monoisotopic (exact) mass is 199 g/mol. The Labute approximate surface area is 88.5 Å². The molecule has 1 aliphatic rings. The molecule has 1 heterocycles. The third kappa shape index (κ3) is 1.55. The van der Waals surface area contributed by atoms with Gasteiger partial charge in [-0.2, -0.15) is 5.10 Å². The zero-order chi connectivity index (χ0) is 10.3. The minimum absolute atomic E-state index is 0.346. The van der Waals surface area contributed by atoms with Gasteiger partial charge in [0.05, 0.1) is 11.9 Å². The van der Waals surface area contributed by atoms with Gasteiger partial charge in [0.2, 0.25) is 0 Å². The second kappa shape index (κ2) is 3.21. The summed E-state index contributed by atoms with van der Waals surface area (Å²) < 4.78 is 1.90. The Balaban J connectivity index is 1.91. The molecule has 0 unspecified atom stereocenters. The summed E-state index contributed by atoms with van der Waals surface area (Å²) in [4.78, 5) is 0. The van der Waals surface area contributed by atoms with E-state index < -0.39 is 0 Å². The molecule has 0 amide bonds. The van der Waals surface area contributed by atoms with E-state index in [1.54, 1.807) is 0 Å². The van der Waals surface area contributed by atoms with E-state index in [2.05, 4.69) is 11.3 Å². The molecule has 2 atom stereocenters. The summed E-state index contributed by atoms with van der Waals surface area (Å²) in [6.07, 6.45) is 5.10. The first-order chi connectivity index (χ1) is 7.34. The van der Waals surface area contributed by atoms with E-state index >= 15 is 0 Å². The molecule has 3 heteroatoms. The van der Waals surface area contributed by atoms with Gasteiger partial charge in [0, 0.05) is 18.2 Å². The molecule has 1 saturated carbocycles. The lowest BCUT2D eigenvalue weighted by Crippen LogP contribution is -2.00. The predicted octanol–water partition coefficient (Wildman–Crippen LogP) is 1.69. The van der Waals surface area contributed by atoms with E-state index in [1.165, 1.54) is 5.56 Å². The highest BCUT2D eigenvalue weighted by Crippen LogP contribution is 2.38. The van der Waals surface area contributed by atoms with Gasteiger partial charge in [0.25, 0.3) is 0 Å². The second-order valence-electron chi connectivity index (χ2n) is 4.06. The van der Waals surface area contributed by atoms with Crippen LogP contribution in [0, 0.1) is 0 Å². The Hall–Kier alpha value is -1.61. The summed E-state index contributed by atoms with van der Waals surface area (Å²) in [5.41, 5.74) is 8.16. The quantitative estimate of drug-likeness (QED) is 0.799. The fourth-order valence-electron chi connectivity index (χ4n) is 1.85. The summed E-state index contributed by atoms with van der Waals surface area (Å²) in [5, 5.41) is 4.34. The van der Waals surface area contributed by atoms with E-state index in [-0.39, 0.29) is 0 Å². The zero-order valence-electron chi connectivity index (χ0n) is 8.38. The highest BCUT2D eigenvalue weighted by molar-refractivity contribution is 5.33. The molecule has 1 aromatic carbocycles. The Morgan fingerprint density at radius 3 is 2.67 bits per heavy atom. The summed E-state index contributed by atoms with van der Waals surface area (Å²) in [6.45, 7) is 0. The van der Waals surface area contributed by atoms with Gasteiger partial charge in [-0.25, -0.2) is 4.68 Å². The fraction of sp³-hybridized carbons (Fsp3) is 0.250. The Morgan fingerprint density at radius 2 is 2.00 bits per heavy atom. The van der Waals surface area contributed by atoms with Crippen molar-refractivity contribution < 1.29 is 0 Å². The van der Waals surface area contributed by atoms with Crippen molar-refractivity contribution in [3.05, 3.63) is 48.3 Å². The van der Waals surface area contributed by atoms with Crippen LogP contribution < -0.4 is 5.73 Å². The number of benzene rings is 1. The van der Waals surface area contributed by atoms with E-state index in [0.717, 1.165) is 12.1 Å². The Morgan fingerprint density at radius 1 is 1.27 bits per heavy atom. The molecule has 1 fully saturated rings. The molecule has 0 aliphatic heterocycles. The number of nitrogens with zero attached hydrogens (tertiary/aromatic N) is 2. The third-order valence-corrected chi connectivity index (χ3v) is 2.89. The van der Waals surface area contributed by atoms with E-state index in [1.807, 2.05) is 41.2 Å². The van der Waals surface area contributed by atoms with Crippen LogP contribution >= 0.6 is 0 Å². The molecule has 0 radical (unpaired) electrons. The number of nitrogens with two attached hydrogens (primary N) is 1. The van der Waals surface area contributed by atoms with Gasteiger partial charge in [-0.1, -0.05) is 18.2 Å². The predicted molar refractivity (Wildman–Crippen MR) is 58.9 cm³/mol. The first-order valence-electron chi connectivity index (χ1n) is 5.20. The van der Waals surface area contributed by atoms with Gasteiger partial charge in [0.15, 0.2) is 0 Å². The SMILES string of the molecule is N[C@H]1C[C@H]1c1cnn(-c2ccccc2)c1. The van der Waals surface area contributed by atoms with E-state index in [9.17, 15) is 0 Å². The maximum Gasteiger partial charge on any atom is 0.0645 e. The molecule has 15 heavy (non-hydrogen) atoms. The molecular formula is C12H13N3. The van der Waals surface area contributed by atoms with Crippen molar-refractivity contribution >= 4 is 0 Å². The molecule has 0 spiro atoms. The molecule has 2 N–H and O–H groups in total. The molecule has 1 aromatic heterocycles. The highest BCUT2D eigenvalue weighted by atomic mass is 15.3. The van der Waals surface area contributed by atoms with Crippen LogP contribution in [0.5, 0.6) is 0 Å². The minimum Gasteiger partial charge on any atom is -0.327 e. The van der Waals surface area contributed by atoms with E-state index in [4.69, 9.17) is 5.73 Å². The molecular weight excluding hydrogens is 186 g/mol. The molecule has 3 nitrogen and oxygen atoms in total. The zero-order valence-corrected chi connectivity index (χ0v) is 8.38. The van der Waals surface area contributed by atoms with Gasteiger partial charge >= 0.3 is 0 Å². The molecule has 2 aromatic rings. The van der Waals surface area contributed by atoms with Crippen LogP contribution in [0.4, 0.5) is 0 Å². The van der Waals surface area contributed by atoms with Crippen molar-refractivity contribution in [2.75, 3.05) is 0 Å². The van der Waals surface area contributed by atoms with E-state index in [0.29, 0.717) is 12.0 Å². The standard InChI is InChI=1S/C12H13N3/c13-12-6-11(12)9-7-14-15(8-9)10-4-2-1-3-5-10/h1-5,7-8,11-12H,6,13H2/t11-,12-/m0/s1. The minimum atomic E-state index is 0.346. The maximum absolute atomic E-state index is 5.81. The number of hydrogen-bond acceptors (Lipinski definition) is 2.